The first-order chi connectivity index (χ1) is 9.04. The number of rotatable bonds is 4. The van der Waals surface area contributed by atoms with Gasteiger partial charge in [0.25, 0.3) is 5.91 Å². The molecule has 102 valence electrons. The Labute approximate surface area is 115 Å². The molecule has 0 unspecified atom stereocenters. The topological polar surface area (TPSA) is 58.4 Å². The van der Waals surface area contributed by atoms with Gasteiger partial charge >= 0.3 is 0 Å². The van der Waals surface area contributed by atoms with Gasteiger partial charge < -0.3 is 16.0 Å². The van der Waals surface area contributed by atoms with Gasteiger partial charge in [0, 0.05) is 24.2 Å². The summed E-state index contributed by atoms with van der Waals surface area (Å²) in [5.74, 6) is 5.74. The zero-order chi connectivity index (χ0) is 14.3. The molecule has 1 aromatic rings. The number of amides is 1. The lowest BCUT2D eigenvalue weighted by Gasteiger charge is -2.11. The average molecular weight is 259 g/mol. The molecule has 0 radical (unpaired) electrons. The van der Waals surface area contributed by atoms with Crippen LogP contribution in [-0.4, -0.2) is 44.5 Å². The second kappa shape index (κ2) is 7.57. The monoisotopic (exact) mass is 259 g/mol. The summed E-state index contributed by atoms with van der Waals surface area (Å²) in [5.41, 5.74) is 7.90. The number of hydrogen-bond donors (Lipinski definition) is 2. The van der Waals surface area contributed by atoms with Crippen molar-refractivity contribution in [1.82, 2.24) is 10.2 Å². The van der Waals surface area contributed by atoms with E-state index in [0.717, 1.165) is 17.7 Å². The minimum absolute atomic E-state index is 0.0525. The van der Waals surface area contributed by atoms with Crippen LogP contribution in [0, 0.1) is 18.8 Å². The van der Waals surface area contributed by atoms with Gasteiger partial charge in [-0.3, -0.25) is 4.79 Å². The van der Waals surface area contributed by atoms with Gasteiger partial charge in [0.1, 0.15) is 0 Å². The fraction of sp³-hybridized carbons (Fsp3) is 0.400. The molecule has 3 N–H and O–H groups in total. The van der Waals surface area contributed by atoms with Gasteiger partial charge in [-0.15, -0.1) is 0 Å². The summed E-state index contributed by atoms with van der Waals surface area (Å²) in [6.07, 6.45) is 0. The van der Waals surface area contributed by atoms with Crippen LogP contribution in [-0.2, 0) is 0 Å². The lowest BCUT2D eigenvalue weighted by Crippen LogP contribution is -2.31. The molecule has 0 saturated carbocycles. The van der Waals surface area contributed by atoms with E-state index in [0.29, 0.717) is 18.7 Å². The van der Waals surface area contributed by atoms with Crippen LogP contribution in [0.5, 0.6) is 0 Å². The third-order valence-electron chi connectivity index (χ3n) is 2.66. The Hall–Kier alpha value is -1.83. The molecule has 4 nitrogen and oxygen atoms in total. The maximum absolute atomic E-state index is 11.9. The molecule has 0 atom stereocenters. The molecule has 0 aromatic heterocycles. The second-order valence-corrected chi connectivity index (χ2v) is 4.59. The number of nitrogens with zero attached hydrogens (tertiary/aromatic N) is 1. The highest BCUT2D eigenvalue weighted by atomic mass is 16.1. The summed E-state index contributed by atoms with van der Waals surface area (Å²) >= 11 is 0. The van der Waals surface area contributed by atoms with Crippen molar-refractivity contribution in [3.63, 3.8) is 0 Å². The molecule has 0 heterocycles. The molecule has 0 fully saturated rings. The first-order valence-electron chi connectivity index (χ1n) is 6.27. The summed E-state index contributed by atoms with van der Waals surface area (Å²) in [6.45, 7) is 3.74. The average Bonchev–Trinajstić information content (AvgIpc) is 2.36. The Balaban J connectivity index is 2.69. The van der Waals surface area contributed by atoms with Crippen LogP contribution in [0.2, 0.25) is 0 Å². The molecular weight excluding hydrogens is 238 g/mol. The second-order valence-electron chi connectivity index (χ2n) is 4.59. The summed E-state index contributed by atoms with van der Waals surface area (Å²) < 4.78 is 0. The molecule has 1 amide bonds. The largest absolute Gasteiger partial charge is 0.351 e. The van der Waals surface area contributed by atoms with E-state index in [1.54, 1.807) is 6.07 Å². The van der Waals surface area contributed by atoms with Gasteiger partial charge in [-0.2, -0.15) is 0 Å². The Morgan fingerprint density at radius 3 is 2.74 bits per heavy atom. The van der Waals surface area contributed by atoms with E-state index in [9.17, 15) is 4.79 Å². The molecule has 0 saturated heterocycles. The van der Waals surface area contributed by atoms with Crippen molar-refractivity contribution in [3.8, 4) is 11.8 Å². The zero-order valence-corrected chi connectivity index (χ0v) is 11.8. The van der Waals surface area contributed by atoms with E-state index >= 15 is 0 Å². The third kappa shape index (κ3) is 5.12. The van der Waals surface area contributed by atoms with E-state index in [1.165, 1.54) is 0 Å². The summed E-state index contributed by atoms with van der Waals surface area (Å²) in [7, 11) is 3.95. The number of aryl methyl sites for hydroxylation is 1. The number of benzene rings is 1. The Kier molecular flexibility index (Phi) is 6.07. The molecule has 0 spiro atoms. The lowest BCUT2D eigenvalue weighted by atomic mass is 10.0. The SMILES string of the molecule is Cc1cc(C(=O)NCCN(C)C)ccc1C#CCN. The van der Waals surface area contributed by atoms with Crippen molar-refractivity contribution in [3.05, 3.63) is 34.9 Å². The van der Waals surface area contributed by atoms with Crippen LogP contribution in [0.15, 0.2) is 18.2 Å². The van der Waals surface area contributed by atoms with Crippen molar-refractivity contribution < 1.29 is 4.79 Å². The van der Waals surface area contributed by atoms with Crippen molar-refractivity contribution in [2.24, 2.45) is 5.73 Å². The first kappa shape index (κ1) is 15.2. The quantitative estimate of drug-likeness (QED) is 0.778. The molecular formula is C15H21N3O. The van der Waals surface area contributed by atoms with Crippen molar-refractivity contribution in [1.29, 1.82) is 0 Å². The maximum Gasteiger partial charge on any atom is 0.251 e. The van der Waals surface area contributed by atoms with Crippen LogP contribution >= 0.6 is 0 Å². The van der Waals surface area contributed by atoms with Gasteiger partial charge in [0.05, 0.1) is 6.54 Å². The first-order valence-corrected chi connectivity index (χ1v) is 6.27. The standard InChI is InChI=1S/C15H21N3O/c1-12-11-14(7-6-13(12)5-4-8-16)15(19)17-9-10-18(2)3/h6-7,11H,8-10,16H2,1-3H3,(H,17,19). The number of likely N-dealkylation sites (N-methyl/N-ethyl adjacent to an activating group) is 1. The smallest absolute Gasteiger partial charge is 0.251 e. The molecule has 1 aromatic carbocycles. The van der Waals surface area contributed by atoms with Crippen LogP contribution in [0.4, 0.5) is 0 Å². The highest BCUT2D eigenvalue weighted by molar-refractivity contribution is 5.94. The zero-order valence-electron chi connectivity index (χ0n) is 11.8. The molecule has 1 rings (SSSR count). The minimum Gasteiger partial charge on any atom is -0.351 e. The lowest BCUT2D eigenvalue weighted by molar-refractivity contribution is 0.0951. The molecule has 0 aliphatic heterocycles. The molecule has 0 aliphatic carbocycles. The number of nitrogens with two attached hydrogens (primary N) is 1. The fourth-order valence-electron chi connectivity index (χ4n) is 1.59. The molecule has 0 bridgehead atoms. The van der Waals surface area contributed by atoms with Crippen molar-refractivity contribution in [2.45, 2.75) is 6.92 Å². The Morgan fingerprint density at radius 1 is 1.42 bits per heavy atom. The summed E-state index contributed by atoms with van der Waals surface area (Å²) in [4.78, 5) is 13.9. The van der Waals surface area contributed by atoms with Gasteiger partial charge in [-0.1, -0.05) is 11.8 Å². The highest BCUT2D eigenvalue weighted by Gasteiger charge is 2.06. The van der Waals surface area contributed by atoms with E-state index in [1.807, 2.05) is 38.1 Å². The Bertz CT molecular complexity index is 498. The van der Waals surface area contributed by atoms with Gasteiger partial charge in [-0.05, 0) is 44.8 Å². The fourth-order valence-corrected chi connectivity index (χ4v) is 1.59. The summed E-state index contributed by atoms with van der Waals surface area (Å²) in [6, 6.07) is 5.50. The van der Waals surface area contributed by atoms with Gasteiger partial charge in [0.2, 0.25) is 0 Å². The minimum atomic E-state index is -0.0525. The number of hydrogen-bond acceptors (Lipinski definition) is 3. The van der Waals surface area contributed by atoms with E-state index in [4.69, 9.17) is 5.73 Å². The summed E-state index contributed by atoms with van der Waals surface area (Å²) in [5, 5.41) is 2.88. The van der Waals surface area contributed by atoms with Gasteiger partial charge in [-0.25, -0.2) is 0 Å². The number of carbonyl (C=O) groups is 1. The van der Waals surface area contributed by atoms with Gasteiger partial charge in [0.15, 0.2) is 0 Å². The Morgan fingerprint density at radius 2 is 2.16 bits per heavy atom. The van der Waals surface area contributed by atoms with E-state index < -0.39 is 0 Å². The van der Waals surface area contributed by atoms with E-state index in [2.05, 4.69) is 17.2 Å². The third-order valence-corrected chi connectivity index (χ3v) is 2.66. The predicted molar refractivity (Wildman–Crippen MR) is 78.0 cm³/mol. The predicted octanol–water partition coefficient (Wildman–Crippen LogP) is 0.597. The van der Waals surface area contributed by atoms with Crippen molar-refractivity contribution in [2.75, 3.05) is 33.7 Å². The van der Waals surface area contributed by atoms with Crippen LogP contribution in [0.25, 0.3) is 0 Å². The number of carbonyl (C=O) groups excluding carboxylic acids is 1. The maximum atomic E-state index is 11.9. The number of nitrogens with one attached hydrogen (secondary N) is 1. The normalized spacial score (nSPS) is 9.95. The van der Waals surface area contributed by atoms with Crippen LogP contribution in [0.3, 0.4) is 0 Å². The molecule has 19 heavy (non-hydrogen) atoms. The molecule has 0 aliphatic rings. The van der Waals surface area contributed by atoms with Crippen LogP contribution in [0.1, 0.15) is 21.5 Å². The van der Waals surface area contributed by atoms with E-state index in [-0.39, 0.29) is 5.91 Å². The van der Waals surface area contributed by atoms with Crippen LogP contribution < -0.4 is 11.1 Å². The highest BCUT2D eigenvalue weighted by Crippen LogP contribution is 2.10. The molecule has 4 heteroatoms. The van der Waals surface area contributed by atoms with Crippen molar-refractivity contribution >= 4 is 5.91 Å².